The van der Waals surface area contributed by atoms with Gasteiger partial charge in [-0.15, -0.1) is 0 Å². The number of halogens is 1. The predicted octanol–water partition coefficient (Wildman–Crippen LogP) is 3.40. The van der Waals surface area contributed by atoms with E-state index < -0.39 is 11.4 Å². The number of urea groups is 1. The summed E-state index contributed by atoms with van der Waals surface area (Å²) in [5.41, 5.74) is 2.32. The molecule has 3 aromatic rings. The molecule has 1 aliphatic carbocycles. The van der Waals surface area contributed by atoms with E-state index >= 15 is 0 Å². The lowest BCUT2D eigenvalue weighted by Crippen LogP contribution is -2.47. The average Bonchev–Trinajstić information content (AvgIpc) is 3.28. The lowest BCUT2D eigenvalue weighted by molar-refractivity contribution is 0.142. The maximum atomic E-state index is 13.9. The molecule has 0 saturated heterocycles. The molecule has 1 saturated carbocycles. The summed E-state index contributed by atoms with van der Waals surface area (Å²) >= 11 is 0. The van der Waals surface area contributed by atoms with Gasteiger partial charge in [-0.1, -0.05) is 30.3 Å². The largest absolute Gasteiger partial charge is 0.335 e. The number of amides is 2. The van der Waals surface area contributed by atoms with Gasteiger partial charge >= 0.3 is 6.03 Å². The summed E-state index contributed by atoms with van der Waals surface area (Å²) in [6.45, 7) is 4.29. The highest BCUT2D eigenvalue weighted by atomic mass is 19.1. The molecule has 8 nitrogen and oxygen atoms in total. The lowest BCUT2D eigenvalue weighted by atomic mass is 10.0. The normalized spacial score (nSPS) is 21.2. The molecule has 3 N–H and O–H groups in total. The minimum atomic E-state index is -0.576. The van der Waals surface area contributed by atoms with Gasteiger partial charge < -0.3 is 15.5 Å². The van der Waals surface area contributed by atoms with Gasteiger partial charge in [0.2, 0.25) is 0 Å². The number of rotatable bonds is 4. The first kappa shape index (κ1) is 18.5. The summed E-state index contributed by atoms with van der Waals surface area (Å²) < 4.78 is 13.9. The van der Waals surface area contributed by atoms with Crippen LogP contribution in [0.4, 0.5) is 20.8 Å². The molecule has 2 aliphatic rings. The van der Waals surface area contributed by atoms with Crippen LogP contribution in [0, 0.1) is 5.82 Å². The first-order valence-electron chi connectivity index (χ1n) is 9.88. The first-order valence-corrected chi connectivity index (χ1v) is 9.88. The van der Waals surface area contributed by atoms with E-state index in [4.69, 9.17) is 0 Å². The van der Waals surface area contributed by atoms with E-state index in [1.54, 1.807) is 4.90 Å². The van der Waals surface area contributed by atoms with Crippen LogP contribution in [0.3, 0.4) is 0 Å². The van der Waals surface area contributed by atoms with E-state index in [1.807, 2.05) is 32.0 Å². The molecule has 0 unspecified atom stereocenters. The number of fused-ring (bicyclic) bond motifs is 1. The van der Waals surface area contributed by atoms with Crippen LogP contribution in [0.2, 0.25) is 0 Å². The fourth-order valence-electron chi connectivity index (χ4n) is 4.12. The van der Waals surface area contributed by atoms with Gasteiger partial charge in [-0.25, -0.2) is 19.2 Å². The lowest BCUT2D eigenvalue weighted by Gasteiger charge is -2.32. The van der Waals surface area contributed by atoms with Crippen molar-refractivity contribution in [2.24, 2.45) is 0 Å². The highest BCUT2D eigenvalue weighted by Gasteiger charge is 2.46. The summed E-state index contributed by atoms with van der Waals surface area (Å²) in [5.74, 6) is 0.295. The van der Waals surface area contributed by atoms with Crippen LogP contribution >= 0.6 is 0 Å². The second-order valence-electron chi connectivity index (χ2n) is 8.22. The minimum absolute atomic E-state index is 0.0451. The second kappa shape index (κ2) is 6.79. The topological polar surface area (TPSA) is 98.8 Å². The third kappa shape index (κ3) is 3.06. The molecule has 1 fully saturated rings. The molecule has 9 heteroatoms. The average molecular weight is 407 g/mol. The Morgan fingerprint density at radius 3 is 2.83 bits per heavy atom. The highest BCUT2D eigenvalue weighted by Crippen LogP contribution is 2.43. The van der Waals surface area contributed by atoms with E-state index in [1.165, 1.54) is 11.9 Å². The van der Waals surface area contributed by atoms with Crippen molar-refractivity contribution in [3.8, 4) is 0 Å². The van der Waals surface area contributed by atoms with Crippen LogP contribution in [0.5, 0.6) is 0 Å². The van der Waals surface area contributed by atoms with Crippen molar-refractivity contribution in [2.75, 3.05) is 5.32 Å². The van der Waals surface area contributed by atoms with Gasteiger partial charge in [0.15, 0.2) is 17.5 Å². The van der Waals surface area contributed by atoms with Crippen molar-refractivity contribution in [3.05, 3.63) is 65.5 Å². The SMILES string of the molecule is CC1(C)c2[nH]nc(Nc3ncncc3F)c2CN1C(=O)N[C@H]1C[C@@H]1c1ccccc1. The molecule has 5 rings (SSSR count). The van der Waals surface area contributed by atoms with E-state index in [2.05, 4.69) is 42.9 Å². The molecule has 0 radical (unpaired) electrons. The first-order chi connectivity index (χ1) is 14.4. The summed E-state index contributed by atoms with van der Waals surface area (Å²) in [7, 11) is 0. The van der Waals surface area contributed by atoms with Crippen LogP contribution in [-0.4, -0.2) is 37.1 Å². The number of carbonyl (C=O) groups is 1. The maximum absolute atomic E-state index is 13.9. The zero-order valence-electron chi connectivity index (χ0n) is 16.7. The third-order valence-electron chi connectivity index (χ3n) is 5.95. The van der Waals surface area contributed by atoms with Crippen molar-refractivity contribution in [2.45, 2.75) is 44.3 Å². The molecule has 2 amide bonds. The van der Waals surface area contributed by atoms with Crippen molar-refractivity contribution in [1.82, 2.24) is 30.4 Å². The third-order valence-corrected chi connectivity index (χ3v) is 5.95. The molecule has 0 spiro atoms. The molecule has 30 heavy (non-hydrogen) atoms. The summed E-state index contributed by atoms with van der Waals surface area (Å²) in [5, 5.41) is 13.3. The Bertz CT molecular complexity index is 1100. The van der Waals surface area contributed by atoms with Crippen molar-refractivity contribution in [1.29, 1.82) is 0 Å². The van der Waals surface area contributed by atoms with Crippen LogP contribution in [0.1, 0.15) is 43.0 Å². The van der Waals surface area contributed by atoms with Crippen molar-refractivity contribution < 1.29 is 9.18 Å². The molecule has 1 aromatic carbocycles. The van der Waals surface area contributed by atoms with Crippen LogP contribution < -0.4 is 10.6 Å². The summed E-state index contributed by atoms with van der Waals surface area (Å²) in [4.78, 5) is 22.4. The molecule has 2 aromatic heterocycles. The van der Waals surface area contributed by atoms with E-state index in [-0.39, 0.29) is 17.9 Å². The molecule has 1 aliphatic heterocycles. The number of H-pyrrole nitrogens is 1. The van der Waals surface area contributed by atoms with E-state index in [0.717, 1.165) is 23.9 Å². The van der Waals surface area contributed by atoms with Gasteiger partial charge in [-0.3, -0.25) is 5.10 Å². The van der Waals surface area contributed by atoms with Gasteiger partial charge in [0.25, 0.3) is 0 Å². The Labute approximate surface area is 172 Å². The molecular weight excluding hydrogens is 385 g/mol. The summed E-state index contributed by atoms with van der Waals surface area (Å²) in [6, 6.07) is 10.2. The number of benzene rings is 1. The fourth-order valence-corrected chi connectivity index (χ4v) is 4.12. The predicted molar refractivity (Wildman–Crippen MR) is 109 cm³/mol. The smallest absolute Gasteiger partial charge is 0.318 e. The molecule has 154 valence electrons. The Kier molecular flexibility index (Phi) is 4.19. The minimum Gasteiger partial charge on any atom is -0.335 e. The number of nitrogens with one attached hydrogen (secondary N) is 3. The van der Waals surface area contributed by atoms with Gasteiger partial charge in [-0.05, 0) is 25.8 Å². The van der Waals surface area contributed by atoms with Crippen molar-refractivity contribution >= 4 is 17.7 Å². The molecule has 2 atom stereocenters. The van der Waals surface area contributed by atoms with E-state index in [9.17, 15) is 9.18 Å². The number of aromatic amines is 1. The Morgan fingerprint density at radius 1 is 1.27 bits per heavy atom. The van der Waals surface area contributed by atoms with Gasteiger partial charge in [0, 0.05) is 17.5 Å². The fraction of sp³-hybridized carbons (Fsp3) is 0.333. The second-order valence-corrected chi connectivity index (χ2v) is 8.22. The standard InChI is InChI=1S/C21H22FN7O/c1-21(2)17-14(18(28-27-17)26-19-15(22)9-23-11-24-19)10-29(21)20(30)25-16-8-13(16)12-6-4-3-5-7-12/h3-7,9,11,13,16H,8,10H2,1-2H3,(H,25,30)(H2,23,24,26,27,28)/t13-,16+/m1/s1. The zero-order valence-corrected chi connectivity index (χ0v) is 16.7. The number of carbonyl (C=O) groups excluding carboxylic acids is 1. The van der Waals surface area contributed by atoms with Crippen LogP contribution in [-0.2, 0) is 12.1 Å². The number of nitrogens with zero attached hydrogens (tertiary/aromatic N) is 4. The number of anilines is 2. The van der Waals surface area contributed by atoms with Gasteiger partial charge in [0.05, 0.1) is 24.0 Å². The van der Waals surface area contributed by atoms with Crippen molar-refractivity contribution in [3.63, 3.8) is 0 Å². The quantitative estimate of drug-likeness (QED) is 0.616. The van der Waals surface area contributed by atoms with Crippen LogP contribution in [0.25, 0.3) is 0 Å². The summed E-state index contributed by atoms with van der Waals surface area (Å²) in [6.07, 6.45) is 3.29. The van der Waals surface area contributed by atoms with Crippen LogP contribution in [0.15, 0.2) is 42.9 Å². The number of hydrogen-bond donors (Lipinski definition) is 3. The van der Waals surface area contributed by atoms with Gasteiger partial charge in [0.1, 0.15) is 6.33 Å². The number of hydrogen-bond acceptors (Lipinski definition) is 5. The molecular formula is C21H22FN7O. The Balaban J connectivity index is 1.31. The number of aromatic nitrogens is 4. The highest BCUT2D eigenvalue weighted by molar-refractivity contribution is 5.78. The Morgan fingerprint density at radius 2 is 2.07 bits per heavy atom. The van der Waals surface area contributed by atoms with Gasteiger partial charge in [-0.2, -0.15) is 5.10 Å². The monoisotopic (exact) mass is 407 g/mol. The molecule has 0 bridgehead atoms. The van der Waals surface area contributed by atoms with E-state index in [0.29, 0.717) is 18.3 Å². The molecule has 3 heterocycles. The maximum Gasteiger partial charge on any atom is 0.318 e. The zero-order chi connectivity index (χ0) is 20.9. The Hall–Kier alpha value is -3.49.